The van der Waals surface area contributed by atoms with Crippen molar-refractivity contribution >= 4 is 47.4 Å². The van der Waals surface area contributed by atoms with Crippen LogP contribution in [0.1, 0.15) is 11.1 Å². The van der Waals surface area contributed by atoms with Gasteiger partial charge in [-0.05, 0) is 47.9 Å². The fraction of sp³-hybridized carbons (Fsp3) is 0.333. The molecule has 0 radical (unpaired) electrons. The number of rotatable bonds is 7. The van der Waals surface area contributed by atoms with Crippen LogP contribution in [0.3, 0.4) is 0 Å². The van der Waals surface area contributed by atoms with E-state index in [4.69, 9.17) is 0 Å². The van der Waals surface area contributed by atoms with Gasteiger partial charge in [-0.25, -0.2) is 4.68 Å². The van der Waals surface area contributed by atoms with E-state index in [9.17, 15) is 0 Å². The molecule has 2 heterocycles. The van der Waals surface area contributed by atoms with Gasteiger partial charge in [0.25, 0.3) is 0 Å². The average molecular weight is 563 g/mol. The van der Waals surface area contributed by atoms with Crippen LogP contribution >= 0.6 is 35.7 Å². The Bertz CT molecular complexity index is 951. The van der Waals surface area contributed by atoms with Crippen LogP contribution in [-0.2, 0) is 13.0 Å². The highest BCUT2D eigenvalue weighted by Crippen LogP contribution is 2.19. The molecule has 1 aromatic heterocycles. The molecule has 0 bridgehead atoms. The van der Waals surface area contributed by atoms with Crippen molar-refractivity contribution in [2.45, 2.75) is 13.0 Å². The minimum atomic E-state index is 0. The van der Waals surface area contributed by atoms with Crippen molar-refractivity contribution < 1.29 is 0 Å². The van der Waals surface area contributed by atoms with Crippen molar-refractivity contribution in [2.75, 3.05) is 43.1 Å². The first-order chi connectivity index (χ1) is 15.3. The number of anilines is 1. The molecule has 0 atom stereocenters. The molecule has 170 valence electrons. The number of guanidine groups is 1. The standard InChI is InChI=1S/C24H30N6S.HI/c1-25-24(26-13-11-20-3-9-23(10-4-20)30-14-2-12-28-30)27-19-21-5-7-22(8-6-21)29-15-17-31-18-16-29;/h2-10,12,14H,11,13,15-19H2,1H3,(H2,25,26,27);1H. The lowest BCUT2D eigenvalue weighted by Crippen LogP contribution is -2.37. The Morgan fingerprint density at radius 1 is 0.969 bits per heavy atom. The third kappa shape index (κ3) is 6.90. The van der Waals surface area contributed by atoms with Gasteiger partial charge in [0, 0.05) is 62.8 Å². The minimum absolute atomic E-state index is 0. The topological polar surface area (TPSA) is 57.5 Å². The number of thioether (sulfide) groups is 1. The van der Waals surface area contributed by atoms with Crippen molar-refractivity contribution in [1.82, 2.24) is 20.4 Å². The summed E-state index contributed by atoms with van der Waals surface area (Å²) in [7, 11) is 1.81. The summed E-state index contributed by atoms with van der Waals surface area (Å²) in [6.45, 7) is 3.87. The number of halogens is 1. The Hall–Kier alpha value is -2.20. The fourth-order valence-electron chi connectivity index (χ4n) is 3.61. The summed E-state index contributed by atoms with van der Waals surface area (Å²) < 4.78 is 1.87. The number of nitrogens with one attached hydrogen (secondary N) is 2. The second-order valence-corrected chi connectivity index (χ2v) is 8.71. The predicted molar refractivity (Wildman–Crippen MR) is 147 cm³/mol. The highest BCUT2D eigenvalue weighted by molar-refractivity contribution is 14.0. The molecule has 4 rings (SSSR count). The Kier molecular flexibility index (Phi) is 9.73. The van der Waals surface area contributed by atoms with Crippen LogP contribution in [0.25, 0.3) is 5.69 Å². The highest BCUT2D eigenvalue weighted by Gasteiger charge is 2.10. The zero-order chi connectivity index (χ0) is 21.3. The molecule has 2 N–H and O–H groups in total. The molecule has 2 aromatic carbocycles. The van der Waals surface area contributed by atoms with Gasteiger partial charge in [-0.15, -0.1) is 24.0 Å². The molecule has 32 heavy (non-hydrogen) atoms. The van der Waals surface area contributed by atoms with Crippen molar-refractivity contribution in [1.29, 1.82) is 0 Å². The summed E-state index contributed by atoms with van der Waals surface area (Å²) in [5, 5.41) is 11.1. The van der Waals surface area contributed by atoms with E-state index in [1.807, 2.05) is 35.8 Å². The molecule has 1 aliphatic rings. The van der Waals surface area contributed by atoms with Crippen molar-refractivity contribution in [3.05, 3.63) is 78.1 Å². The lowest BCUT2D eigenvalue weighted by molar-refractivity contribution is 0.793. The summed E-state index contributed by atoms with van der Waals surface area (Å²) in [5.41, 5.74) is 4.94. The maximum Gasteiger partial charge on any atom is 0.191 e. The summed E-state index contributed by atoms with van der Waals surface area (Å²) in [6.07, 6.45) is 4.67. The van der Waals surface area contributed by atoms with E-state index >= 15 is 0 Å². The van der Waals surface area contributed by atoms with Crippen molar-refractivity contribution in [3.8, 4) is 5.69 Å². The molecule has 0 amide bonds. The molecule has 0 aliphatic carbocycles. The van der Waals surface area contributed by atoms with E-state index in [1.54, 1.807) is 6.20 Å². The van der Waals surface area contributed by atoms with Gasteiger partial charge in [0.2, 0.25) is 0 Å². The van der Waals surface area contributed by atoms with Crippen molar-refractivity contribution in [3.63, 3.8) is 0 Å². The summed E-state index contributed by atoms with van der Waals surface area (Å²) in [5.74, 6) is 3.27. The first kappa shape index (κ1) is 24.4. The molecule has 6 nitrogen and oxygen atoms in total. The van der Waals surface area contributed by atoms with Crippen LogP contribution in [-0.4, -0.2) is 53.9 Å². The Morgan fingerprint density at radius 3 is 2.31 bits per heavy atom. The lowest BCUT2D eigenvalue weighted by atomic mass is 10.1. The van der Waals surface area contributed by atoms with E-state index in [2.05, 4.69) is 74.2 Å². The maximum atomic E-state index is 4.35. The van der Waals surface area contributed by atoms with E-state index < -0.39 is 0 Å². The second kappa shape index (κ2) is 12.7. The van der Waals surface area contributed by atoms with Gasteiger partial charge in [0.15, 0.2) is 5.96 Å². The monoisotopic (exact) mass is 562 g/mol. The summed E-state index contributed by atoms with van der Waals surface area (Å²) in [6, 6.07) is 19.3. The molecule has 0 saturated carbocycles. The smallest absolute Gasteiger partial charge is 0.191 e. The van der Waals surface area contributed by atoms with Gasteiger partial charge in [-0.3, -0.25) is 4.99 Å². The van der Waals surface area contributed by atoms with Gasteiger partial charge in [0.05, 0.1) is 5.69 Å². The number of nitrogens with zero attached hydrogens (tertiary/aromatic N) is 4. The van der Waals surface area contributed by atoms with Gasteiger partial charge >= 0.3 is 0 Å². The molecule has 0 unspecified atom stereocenters. The van der Waals surface area contributed by atoms with E-state index in [0.717, 1.165) is 44.2 Å². The van der Waals surface area contributed by atoms with Crippen LogP contribution in [0, 0.1) is 0 Å². The van der Waals surface area contributed by atoms with Crippen LogP contribution in [0.15, 0.2) is 72.0 Å². The Balaban J connectivity index is 0.00000289. The van der Waals surface area contributed by atoms with Crippen molar-refractivity contribution in [2.24, 2.45) is 4.99 Å². The van der Waals surface area contributed by atoms with Gasteiger partial charge in [-0.2, -0.15) is 16.9 Å². The predicted octanol–water partition coefficient (Wildman–Crippen LogP) is 3.95. The molecular formula is C24H31IN6S. The lowest BCUT2D eigenvalue weighted by Gasteiger charge is -2.28. The number of hydrogen-bond acceptors (Lipinski definition) is 4. The Labute approximate surface area is 211 Å². The molecule has 0 spiro atoms. The minimum Gasteiger partial charge on any atom is -0.370 e. The van der Waals surface area contributed by atoms with Crippen LogP contribution in [0.2, 0.25) is 0 Å². The highest BCUT2D eigenvalue weighted by atomic mass is 127. The van der Waals surface area contributed by atoms with Gasteiger partial charge in [0.1, 0.15) is 0 Å². The molecule has 1 saturated heterocycles. The first-order valence-electron chi connectivity index (χ1n) is 10.8. The fourth-order valence-corrected chi connectivity index (χ4v) is 4.52. The quantitative estimate of drug-likeness (QED) is 0.260. The molecule has 1 aliphatic heterocycles. The third-order valence-corrected chi connectivity index (χ3v) is 6.35. The van der Waals surface area contributed by atoms with Crippen LogP contribution < -0.4 is 15.5 Å². The third-order valence-electron chi connectivity index (χ3n) is 5.41. The first-order valence-corrected chi connectivity index (χ1v) is 11.9. The summed E-state index contributed by atoms with van der Waals surface area (Å²) >= 11 is 2.04. The zero-order valence-electron chi connectivity index (χ0n) is 18.4. The van der Waals surface area contributed by atoms with E-state index in [-0.39, 0.29) is 24.0 Å². The number of aromatic nitrogens is 2. The average Bonchev–Trinajstić information content (AvgIpc) is 3.38. The summed E-state index contributed by atoms with van der Waals surface area (Å²) in [4.78, 5) is 6.81. The maximum absolute atomic E-state index is 4.35. The Morgan fingerprint density at radius 2 is 1.66 bits per heavy atom. The second-order valence-electron chi connectivity index (χ2n) is 7.49. The zero-order valence-corrected chi connectivity index (χ0v) is 21.6. The van der Waals surface area contributed by atoms with Crippen LogP contribution in [0.4, 0.5) is 5.69 Å². The van der Waals surface area contributed by atoms with Gasteiger partial charge in [-0.1, -0.05) is 24.3 Å². The van der Waals surface area contributed by atoms with Gasteiger partial charge < -0.3 is 15.5 Å². The van der Waals surface area contributed by atoms with E-state index in [0.29, 0.717) is 0 Å². The molecular weight excluding hydrogens is 531 g/mol. The number of aliphatic imine (C=N–C) groups is 1. The van der Waals surface area contributed by atoms with E-state index in [1.165, 1.54) is 28.3 Å². The number of hydrogen-bond donors (Lipinski definition) is 2. The molecule has 8 heteroatoms. The van der Waals surface area contributed by atoms with Crippen LogP contribution in [0.5, 0.6) is 0 Å². The largest absolute Gasteiger partial charge is 0.370 e. The number of benzene rings is 2. The normalized spacial score (nSPS) is 14.0. The molecule has 3 aromatic rings. The molecule has 1 fully saturated rings. The SMILES string of the molecule is CN=C(NCCc1ccc(-n2cccn2)cc1)NCc1ccc(N2CCSCC2)cc1.I.